The van der Waals surface area contributed by atoms with Crippen LogP contribution in [0.4, 0.5) is 0 Å². The average molecular weight is 521 g/mol. The van der Waals surface area contributed by atoms with Gasteiger partial charge in [-0.2, -0.15) is 8.42 Å². The maximum absolute atomic E-state index is 10.3. The predicted octanol–water partition coefficient (Wildman–Crippen LogP) is 2.58. The van der Waals surface area contributed by atoms with Crippen molar-refractivity contribution in [1.29, 1.82) is 0 Å². The summed E-state index contributed by atoms with van der Waals surface area (Å²) in [7, 11) is -4.15. The normalized spacial score (nSPS) is 10.1. The Morgan fingerprint density at radius 2 is 1.88 bits per heavy atom. The molecule has 0 aliphatic rings. The van der Waals surface area contributed by atoms with E-state index in [0.717, 1.165) is 23.7 Å². The van der Waals surface area contributed by atoms with E-state index in [-0.39, 0.29) is 25.1 Å². The molecule has 0 unspecified atom stereocenters. The van der Waals surface area contributed by atoms with Crippen LogP contribution in [0.3, 0.4) is 0 Å². The third-order valence-corrected chi connectivity index (χ3v) is 3.49. The molecule has 3 rings (SSSR count). The minimum absolute atomic E-state index is 0. The van der Waals surface area contributed by atoms with Crippen molar-refractivity contribution < 1.29 is 33.1 Å². The topological polar surface area (TPSA) is 93.0 Å². The Morgan fingerprint density at radius 1 is 1.08 bits per heavy atom. The van der Waals surface area contributed by atoms with Gasteiger partial charge in [-0.3, -0.25) is 4.55 Å². The third-order valence-electron chi connectivity index (χ3n) is 2.72. The first-order valence-corrected chi connectivity index (χ1v) is 8.04. The van der Waals surface area contributed by atoms with Gasteiger partial charge in [0.2, 0.25) is 0 Å². The summed E-state index contributed by atoms with van der Waals surface area (Å²) in [6.07, 6.45) is 4.10. The fourth-order valence-corrected chi connectivity index (χ4v) is 2.08. The van der Waals surface area contributed by atoms with Gasteiger partial charge >= 0.3 is 10.1 Å². The molecule has 1 aromatic carbocycles. The van der Waals surface area contributed by atoms with E-state index >= 15 is 0 Å². The van der Waals surface area contributed by atoms with Gasteiger partial charge in [0.15, 0.2) is 5.03 Å². The van der Waals surface area contributed by atoms with E-state index in [1.54, 1.807) is 0 Å². The molecule has 0 saturated heterocycles. The van der Waals surface area contributed by atoms with Crippen LogP contribution in [0.15, 0.2) is 66.2 Å². The van der Waals surface area contributed by atoms with Gasteiger partial charge in [-0.15, -0.1) is 35.9 Å². The molecule has 1 N–H and O–H groups in total. The Balaban J connectivity index is 0.000000238. The number of rotatable bonds is 2. The van der Waals surface area contributed by atoms with Crippen molar-refractivity contribution in [2.45, 2.75) is 11.9 Å². The summed E-state index contributed by atoms with van der Waals surface area (Å²) < 4.78 is 29.0. The first-order chi connectivity index (χ1) is 11.0. The van der Waals surface area contributed by atoms with Gasteiger partial charge in [0.05, 0.1) is 0 Å². The van der Waals surface area contributed by atoms with Gasteiger partial charge in [0.25, 0.3) is 0 Å². The fraction of sp³-hybridized carbons (Fsp3) is 0.0625. The molecule has 2 heterocycles. The molecule has 0 fully saturated rings. The molecule has 127 valence electrons. The van der Waals surface area contributed by atoms with Gasteiger partial charge in [-0.05, 0) is 24.8 Å². The first kappa shape index (κ1) is 20.1. The van der Waals surface area contributed by atoms with Crippen LogP contribution >= 0.6 is 0 Å². The van der Waals surface area contributed by atoms with Crippen molar-refractivity contribution in [2.75, 3.05) is 0 Å². The van der Waals surface area contributed by atoms with Gasteiger partial charge in [-0.1, -0.05) is 11.6 Å². The summed E-state index contributed by atoms with van der Waals surface area (Å²) >= 11 is 0. The van der Waals surface area contributed by atoms with E-state index in [1.807, 2.05) is 36.5 Å². The molecular formula is C16H14IrN3O3S-. The summed E-state index contributed by atoms with van der Waals surface area (Å²) in [5.41, 5.74) is 3.26. The number of aryl methyl sites for hydroxylation is 1. The average Bonchev–Trinajstić information content (AvgIpc) is 2.56. The van der Waals surface area contributed by atoms with E-state index < -0.39 is 10.1 Å². The molecule has 0 aliphatic heterocycles. The standard InChI is InChI=1S/C12H10N.C4H4N2O3S.Ir/c1-10-7-8-13-12(9-10)11-5-3-2-4-6-11;7-10(8,9)4-1-2-5-3-6-4;/h2-5,7-9H,1H3;1-3H,(H,7,8,9);/q-1;;. The zero-order chi connectivity index (χ0) is 16.7. The SMILES string of the molecule is Cc1ccnc(-c2[c-]cccc2)c1.O=S(=O)(O)c1ccncn1.[Ir]. The van der Waals surface area contributed by atoms with Crippen molar-refractivity contribution in [3.05, 3.63) is 72.8 Å². The van der Waals surface area contributed by atoms with Crippen LogP contribution in [0.2, 0.25) is 0 Å². The Labute approximate surface area is 154 Å². The largest absolute Gasteiger partial charge is 0.312 e. The van der Waals surface area contributed by atoms with Gasteiger partial charge in [0.1, 0.15) is 6.33 Å². The molecule has 0 saturated carbocycles. The second-order valence-corrected chi connectivity index (χ2v) is 5.89. The molecule has 2 aromatic heterocycles. The Morgan fingerprint density at radius 3 is 2.38 bits per heavy atom. The number of aromatic nitrogens is 3. The predicted molar refractivity (Wildman–Crippen MR) is 85.1 cm³/mol. The molecule has 0 spiro atoms. The van der Waals surface area contributed by atoms with Crippen molar-refractivity contribution in [3.8, 4) is 11.3 Å². The maximum Gasteiger partial charge on any atom is 0.312 e. The summed E-state index contributed by atoms with van der Waals surface area (Å²) in [5.74, 6) is 0. The molecule has 0 atom stereocenters. The quantitative estimate of drug-likeness (QED) is 0.317. The summed E-state index contributed by atoms with van der Waals surface area (Å²) in [6, 6.07) is 16.2. The number of nitrogens with zero attached hydrogens (tertiary/aromatic N) is 3. The molecule has 0 bridgehead atoms. The van der Waals surface area contributed by atoms with E-state index in [0.29, 0.717) is 0 Å². The fourth-order valence-electron chi connectivity index (χ4n) is 1.67. The van der Waals surface area contributed by atoms with E-state index in [9.17, 15) is 8.42 Å². The number of benzene rings is 1. The molecule has 0 amide bonds. The minimum atomic E-state index is -4.15. The van der Waals surface area contributed by atoms with Crippen LogP contribution in [-0.4, -0.2) is 27.9 Å². The number of pyridine rings is 1. The van der Waals surface area contributed by atoms with Crippen LogP contribution in [0.25, 0.3) is 11.3 Å². The van der Waals surface area contributed by atoms with Crippen molar-refractivity contribution in [3.63, 3.8) is 0 Å². The third kappa shape index (κ3) is 6.25. The monoisotopic (exact) mass is 521 g/mol. The Bertz CT molecular complexity index is 860. The van der Waals surface area contributed by atoms with Gasteiger partial charge in [-0.25, -0.2) is 9.97 Å². The van der Waals surface area contributed by atoms with E-state index in [4.69, 9.17) is 4.55 Å². The second-order valence-electron chi connectivity index (χ2n) is 4.52. The molecule has 8 heteroatoms. The van der Waals surface area contributed by atoms with Crippen LogP contribution in [-0.2, 0) is 30.2 Å². The summed E-state index contributed by atoms with van der Waals surface area (Å²) in [6.45, 7) is 2.06. The molecule has 3 aromatic rings. The zero-order valence-electron chi connectivity index (χ0n) is 12.6. The van der Waals surface area contributed by atoms with Gasteiger partial charge in [0, 0.05) is 32.5 Å². The van der Waals surface area contributed by atoms with Crippen molar-refractivity contribution >= 4 is 10.1 Å². The molecule has 6 nitrogen and oxygen atoms in total. The number of hydrogen-bond acceptors (Lipinski definition) is 5. The van der Waals surface area contributed by atoms with E-state index in [1.165, 1.54) is 11.8 Å². The van der Waals surface area contributed by atoms with Crippen molar-refractivity contribution in [2.24, 2.45) is 0 Å². The summed E-state index contributed by atoms with van der Waals surface area (Å²) in [5, 5.41) is -0.387. The molecule has 24 heavy (non-hydrogen) atoms. The first-order valence-electron chi connectivity index (χ1n) is 6.60. The Hall–Kier alpha value is -1.99. The molecule has 1 radical (unpaired) electrons. The molecular weight excluding hydrogens is 506 g/mol. The Kier molecular flexibility index (Phi) is 7.80. The molecule has 0 aliphatic carbocycles. The second kappa shape index (κ2) is 9.34. The van der Waals surface area contributed by atoms with E-state index in [2.05, 4.69) is 34.0 Å². The number of hydrogen-bond donors (Lipinski definition) is 1. The van der Waals surface area contributed by atoms with Crippen LogP contribution in [0, 0.1) is 13.0 Å². The van der Waals surface area contributed by atoms with Crippen LogP contribution < -0.4 is 0 Å². The maximum atomic E-state index is 10.3. The van der Waals surface area contributed by atoms with Crippen LogP contribution in [0.1, 0.15) is 5.56 Å². The van der Waals surface area contributed by atoms with Gasteiger partial charge < -0.3 is 4.98 Å². The van der Waals surface area contributed by atoms with Crippen LogP contribution in [0.5, 0.6) is 0 Å². The van der Waals surface area contributed by atoms with Crippen molar-refractivity contribution in [1.82, 2.24) is 15.0 Å². The zero-order valence-corrected chi connectivity index (χ0v) is 15.8. The summed E-state index contributed by atoms with van der Waals surface area (Å²) in [4.78, 5) is 11.1. The minimum Gasteiger partial charge on any atom is -0.305 e. The smallest absolute Gasteiger partial charge is 0.305 e.